The summed E-state index contributed by atoms with van der Waals surface area (Å²) in [5, 5.41) is 2.63. The minimum absolute atomic E-state index is 0.138. The maximum absolute atomic E-state index is 14.0. The molecule has 1 N–H and O–H groups in total. The molecule has 0 radical (unpaired) electrons. The Hall–Kier alpha value is -2.78. The molecule has 176 valence electrons. The van der Waals surface area contributed by atoms with E-state index in [0.717, 1.165) is 30.3 Å². The summed E-state index contributed by atoms with van der Waals surface area (Å²) in [5.41, 5.74) is 2.47. The van der Waals surface area contributed by atoms with Gasteiger partial charge in [0, 0.05) is 32.5 Å². The van der Waals surface area contributed by atoms with Gasteiger partial charge in [-0.05, 0) is 62.1 Å². The van der Waals surface area contributed by atoms with Crippen LogP contribution in [0.4, 0.5) is 10.1 Å². The van der Waals surface area contributed by atoms with Crippen molar-refractivity contribution in [3.63, 3.8) is 0 Å². The maximum atomic E-state index is 14.0. The third-order valence-electron chi connectivity index (χ3n) is 5.92. The topological polar surface area (TPSA) is 84.3 Å². The van der Waals surface area contributed by atoms with E-state index in [1.807, 2.05) is 11.5 Å². The molecule has 1 aliphatic heterocycles. The Bertz CT molecular complexity index is 1280. The zero-order valence-electron chi connectivity index (χ0n) is 19.0. The Morgan fingerprint density at radius 2 is 1.91 bits per heavy atom. The molecule has 0 unspecified atom stereocenters. The maximum Gasteiger partial charge on any atom is 0.243 e. The van der Waals surface area contributed by atoms with E-state index in [0.29, 0.717) is 37.4 Å². The van der Waals surface area contributed by atoms with Crippen LogP contribution in [0.15, 0.2) is 41.3 Å². The smallest absolute Gasteiger partial charge is 0.243 e. The number of aromatic nitrogens is 2. The Balaban J connectivity index is 1.55. The molecule has 0 atom stereocenters. The molecule has 0 bridgehead atoms. The zero-order valence-corrected chi connectivity index (χ0v) is 19.8. The first kappa shape index (κ1) is 23.4. The highest BCUT2D eigenvalue weighted by Gasteiger charge is 2.28. The molecule has 33 heavy (non-hydrogen) atoms. The molecule has 1 fully saturated rings. The van der Waals surface area contributed by atoms with Gasteiger partial charge in [-0.1, -0.05) is 13.0 Å². The third kappa shape index (κ3) is 4.94. The molecule has 0 spiro atoms. The van der Waals surface area contributed by atoms with Gasteiger partial charge in [-0.15, -0.1) is 0 Å². The fourth-order valence-electron chi connectivity index (χ4n) is 4.23. The summed E-state index contributed by atoms with van der Waals surface area (Å²) in [4.78, 5) is 17.4. The van der Waals surface area contributed by atoms with E-state index < -0.39 is 15.8 Å². The van der Waals surface area contributed by atoms with Gasteiger partial charge in [-0.25, -0.2) is 17.8 Å². The minimum atomic E-state index is -3.53. The van der Waals surface area contributed by atoms with Gasteiger partial charge in [0.25, 0.3) is 0 Å². The van der Waals surface area contributed by atoms with Crippen molar-refractivity contribution in [1.82, 2.24) is 13.9 Å². The summed E-state index contributed by atoms with van der Waals surface area (Å²) >= 11 is 0. The fraction of sp³-hybridized carbons (Fsp3) is 0.417. The summed E-state index contributed by atoms with van der Waals surface area (Å²) < 4.78 is 43.4. The molecular weight excluding hydrogens is 443 g/mol. The molecular formula is C24H29FN4O3S. The van der Waals surface area contributed by atoms with Gasteiger partial charge in [0.1, 0.15) is 11.6 Å². The van der Waals surface area contributed by atoms with E-state index in [9.17, 15) is 17.6 Å². The van der Waals surface area contributed by atoms with Crippen LogP contribution in [0.5, 0.6) is 0 Å². The Morgan fingerprint density at radius 1 is 1.15 bits per heavy atom. The highest BCUT2D eigenvalue weighted by Crippen LogP contribution is 2.26. The molecule has 1 aliphatic rings. The lowest BCUT2D eigenvalue weighted by molar-refractivity contribution is -0.116. The standard InChI is InChI=1S/C24H29FN4O3S/c1-3-12-29-22-9-7-18(33(31,32)28-13-4-5-14-28)16-21(22)26-23(29)10-11-24(30)27-20-15-17(2)6-8-19(20)25/h6-9,15-16H,3-5,10-14H2,1-2H3,(H,27,30). The van der Waals surface area contributed by atoms with Crippen LogP contribution in [-0.2, 0) is 27.8 Å². The van der Waals surface area contributed by atoms with E-state index >= 15 is 0 Å². The SMILES string of the molecule is CCCn1c(CCC(=O)Nc2cc(C)ccc2F)nc2cc(S(=O)(=O)N3CCCC3)ccc21. The first-order valence-corrected chi connectivity index (χ1v) is 12.8. The number of rotatable bonds is 8. The van der Waals surface area contributed by atoms with Crippen molar-refractivity contribution in [2.45, 2.75) is 57.4 Å². The van der Waals surface area contributed by atoms with E-state index in [1.54, 1.807) is 30.3 Å². The monoisotopic (exact) mass is 472 g/mol. The zero-order chi connectivity index (χ0) is 23.6. The van der Waals surface area contributed by atoms with Crippen molar-refractivity contribution in [2.75, 3.05) is 18.4 Å². The van der Waals surface area contributed by atoms with Gasteiger partial charge < -0.3 is 9.88 Å². The summed E-state index contributed by atoms with van der Waals surface area (Å²) in [5.74, 6) is -0.0618. The first-order chi connectivity index (χ1) is 15.8. The normalized spacial score (nSPS) is 14.8. The number of carbonyl (C=O) groups is 1. The van der Waals surface area contributed by atoms with Crippen molar-refractivity contribution in [1.29, 1.82) is 0 Å². The highest BCUT2D eigenvalue weighted by atomic mass is 32.2. The molecule has 1 amide bonds. The number of imidazole rings is 1. The van der Waals surface area contributed by atoms with E-state index in [1.165, 1.54) is 10.4 Å². The lowest BCUT2D eigenvalue weighted by atomic mass is 10.2. The molecule has 2 aromatic carbocycles. The molecule has 9 heteroatoms. The number of sulfonamides is 1. The van der Waals surface area contributed by atoms with Gasteiger partial charge >= 0.3 is 0 Å². The van der Waals surface area contributed by atoms with Gasteiger partial charge in [0.15, 0.2) is 0 Å². The molecule has 1 saturated heterocycles. The van der Waals surface area contributed by atoms with Crippen LogP contribution < -0.4 is 5.32 Å². The fourth-order valence-corrected chi connectivity index (χ4v) is 5.77. The van der Waals surface area contributed by atoms with Crippen LogP contribution >= 0.6 is 0 Å². The van der Waals surface area contributed by atoms with Crippen molar-refractivity contribution >= 4 is 32.7 Å². The number of hydrogen-bond donors (Lipinski definition) is 1. The van der Waals surface area contributed by atoms with Gasteiger partial charge in [-0.3, -0.25) is 4.79 Å². The number of fused-ring (bicyclic) bond motifs is 1. The van der Waals surface area contributed by atoms with Crippen molar-refractivity contribution in [3.05, 3.63) is 53.6 Å². The van der Waals surface area contributed by atoms with Crippen LogP contribution in [0.3, 0.4) is 0 Å². The lowest BCUT2D eigenvalue weighted by Gasteiger charge is -2.15. The second-order valence-corrected chi connectivity index (χ2v) is 10.4. The van der Waals surface area contributed by atoms with Crippen LogP contribution in [0, 0.1) is 12.7 Å². The number of nitrogens with zero attached hydrogens (tertiary/aromatic N) is 3. The van der Waals surface area contributed by atoms with Crippen LogP contribution in [-0.4, -0.2) is 41.3 Å². The number of nitrogens with one attached hydrogen (secondary N) is 1. The molecule has 7 nitrogen and oxygen atoms in total. The number of carbonyl (C=O) groups excluding carboxylic acids is 1. The highest BCUT2D eigenvalue weighted by molar-refractivity contribution is 7.89. The molecule has 0 aliphatic carbocycles. The van der Waals surface area contributed by atoms with Gasteiger partial charge in [-0.2, -0.15) is 4.31 Å². The molecule has 2 heterocycles. The Morgan fingerprint density at radius 3 is 2.64 bits per heavy atom. The largest absolute Gasteiger partial charge is 0.328 e. The molecule has 0 saturated carbocycles. The molecule has 3 aromatic rings. The quantitative estimate of drug-likeness (QED) is 0.531. The predicted octanol–water partition coefficient (Wildman–Crippen LogP) is 4.25. The lowest BCUT2D eigenvalue weighted by Crippen LogP contribution is -2.27. The summed E-state index contributed by atoms with van der Waals surface area (Å²) in [6.45, 7) is 5.69. The minimum Gasteiger partial charge on any atom is -0.328 e. The van der Waals surface area contributed by atoms with E-state index in [2.05, 4.69) is 17.2 Å². The third-order valence-corrected chi connectivity index (χ3v) is 7.82. The van der Waals surface area contributed by atoms with E-state index in [4.69, 9.17) is 0 Å². The van der Waals surface area contributed by atoms with Crippen LogP contribution in [0.2, 0.25) is 0 Å². The van der Waals surface area contributed by atoms with Crippen molar-refractivity contribution < 1.29 is 17.6 Å². The van der Waals surface area contributed by atoms with Gasteiger partial charge in [0.2, 0.25) is 15.9 Å². The first-order valence-electron chi connectivity index (χ1n) is 11.3. The van der Waals surface area contributed by atoms with E-state index in [-0.39, 0.29) is 22.9 Å². The summed E-state index contributed by atoms with van der Waals surface area (Å²) in [7, 11) is -3.53. The van der Waals surface area contributed by atoms with Crippen LogP contribution in [0.1, 0.15) is 44.0 Å². The van der Waals surface area contributed by atoms with Gasteiger partial charge in [0.05, 0.1) is 21.6 Å². The number of benzene rings is 2. The second-order valence-electron chi connectivity index (χ2n) is 8.47. The van der Waals surface area contributed by atoms with Crippen molar-refractivity contribution in [2.24, 2.45) is 0 Å². The summed E-state index contributed by atoms with van der Waals surface area (Å²) in [6, 6.07) is 9.64. The average molecular weight is 473 g/mol. The van der Waals surface area contributed by atoms with Crippen molar-refractivity contribution in [3.8, 4) is 0 Å². The number of anilines is 1. The Labute approximate surface area is 193 Å². The Kier molecular flexibility index (Phi) is 6.81. The number of aryl methyl sites for hydroxylation is 3. The number of halogens is 1. The predicted molar refractivity (Wildman–Crippen MR) is 126 cm³/mol. The average Bonchev–Trinajstić information content (AvgIpc) is 3.44. The summed E-state index contributed by atoms with van der Waals surface area (Å²) in [6.07, 6.45) is 3.13. The van der Waals surface area contributed by atoms with Crippen LogP contribution in [0.25, 0.3) is 11.0 Å². The second kappa shape index (κ2) is 9.61. The molecule has 1 aromatic heterocycles. The number of hydrogen-bond acceptors (Lipinski definition) is 4. The number of amides is 1. The molecule has 4 rings (SSSR count).